The smallest absolute Gasteiger partial charge is 0.404 e. The van der Waals surface area contributed by atoms with Crippen LogP contribution in [-0.4, -0.2) is 17.7 Å². The Morgan fingerprint density at radius 1 is 1.24 bits per heavy atom. The van der Waals surface area contributed by atoms with Gasteiger partial charge >= 0.3 is 6.09 Å². The zero-order valence-electron chi connectivity index (χ0n) is 9.31. The number of anilines is 1. The molecule has 4 nitrogen and oxygen atoms in total. The highest BCUT2D eigenvalue weighted by molar-refractivity contribution is 5.94. The van der Waals surface area contributed by atoms with Gasteiger partial charge < -0.3 is 16.2 Å². The van der Waals surface area contributed by atoms with Gasteiger partial charge in [0.05, 0.1) is 0 Å². The summed E-state index contributed by atoms with van der Waals surface area (Å²) in [4.78, 5) is 10.3. The molecule has 2 rings (SSSR count). The fourth-order valence-corrected chi connectivity index (χ4v) is 1.86. The number of hydrogen-bond donors (Lipinski definition) is 3. The van der Waals surface area contributed by atoms with Gasteiger partial charge in [-0.1, -0.05) is 36.4 Å². The molecule has 0 saturated carbocycles. The number of carbonyl (C=O) groups is 1. The van der Waals surface area contributed by atoms with Crippen molar-refractivity contribution in [1.29, 1.82) is 0 Å². The van der Waals surface area contributed by atoms with Gasteiger partial charge in [-0.3, -0.25) is 0 Å². The second kappa shape index (κ2) is 4.74. The van der Waals surface area contributed by atoms with Crippen molar-refractivity contribution in [3.63, 3.8) is 0 Å². The van der Waals surface area contributed by atoms with Crippen LogP contribution in [0.5, 0.6) is 0 Å². The molecular formula is C13H14N2O2. The van der Waals surface area contributed by atoms with E-state index in [2.05, 4.69) is 5.32 Å². The molecule has 0 unspecified atom stereocenters. The van der Waals surface area contributed by atoms with Crippen molar-refractivity contribution < 1.29 is 9.90 Å². The maximum atomic E-state index is 10.3. The molecule has 0 aliphatic rings. The number of hydrogen-bond acceptors (Lipinski definition) is 2. The maximum absolute atomic E-state index is 10.3. The molecule has 0 spiro atoms. The normalized spacial score (nSPS) is 10.4. The Hall–Kier alpha value is -2.23. The predicted octanol–water partition coefficient (Wildman–Crippen LogP) is 2.23. The van der Waals surface area contributed by atoms with Gasteiger partial charge in [-0.2, -0.15) is 0 Å². The molecule has 4 heteroatoms. The molecule has 2 aromatic rings. The second-order valence-corrected chi connectivity index (χ2v) is 3.84. The van der Waals surface area contributed by atoms with Gasteiger partial charge in [0, 0.05) is 17.6 Å². The highest BCUT2D eigenvalue weighted by atomic mass is 16.4. The molecular weight excluding hydrogens is 216 g/mol. The Kier molecular flexibility index (Phi) is 3.14. The van der Waals surface area contributed by atoms with Crippen molar-refractivity contribution in [2.75, 3.05) is 12.3 Å². The van der Waals surface area contributed by atoms with E-state index in [9.17, 15) is 4.79 Å². The van der Waals surface area contributed by atoms with E-state index in [1.54, 1.807) is 0 Å². The number of rotatable bonds is 3. The molecule has 0 radical (unpaired) electrons. The van der Waals surface area contributed by atoms with Crippen LogP contribution in [0.25, 0.3) is 10.8 Å². The zero-order chi connectivity index (χ0) is 12.3. The first-order valence-electron chi connectivity index (χ1n) is 5.41. The first-order chi connectivity index (χ1) is 8.18. The van der Waals surface area contributed by atoms with Crippen molar-refractivity contribution in [1.82, 2.24) is 5.32 Å². The molecule has 4 N–H and O–H groups in total. The van der Waals surface area contributed by atoms with Crippen LogP contribution in [0, 0.1) is 0 Å². The third-order valence-electron chi connectivity index (χ3n) is 2.73. The number of carboxylic acid groups (broad SMARTS) is 1. The number of nitrogens with one attached hydrogen (secondary N) is 1. The summed E-state index contributed by atoms with van der Waals surface area (Å²) in [5.74, 6) is 0. The topological polar surface area (TPSA) is 75.3 Å². The Balaban J connectivity index is 2.23. The van der Waals surface area contributed by atoms with Crippen molar-refractivity contribution in [3.05, 3.63) is 42.0 Å². The first-order valence-corrected chi connectivity index (χ1v) is 5.41. The van der Waals surface area contributed by atoms with Gasteiger partial charge in [-0.05, 0) is 17.4 Å². The van der Waals surface area contributed by atoms with Crippen LogP contribution in [0.4, 0.5) is 10.5 Å². The standard InChI is InChI=1S/C13H14N2O2/c14-12-10(7-8-15-13(16)17)6-5-9-3-1-2-4-11(9)12/h1-6,15H,7-8,14H2,(H,16,17). The van der Waals surface area contributed by atoms with Gasteiger partial charge in [0.15, 0.2) is 0 Å². The Morgan fingerprint density at radius 3 is 2.76 bits per heavy atom. The van der Waals surface area contributed by atoms with Crippen molar-refractivity contribution in [2.24, 2.45) is 0 Å². The van der Waals surface area contributed by atoms with E-state index in [-0.39, 0.29) is 0 Å². The molecule has 0 bridgehead atoms. The van der Waals surface area contributed by atoms with E-state index in [1.807, 2.05) is 36.4 Å². The summed E-state index contributed by atoms with van der Waals surface area (Å²) in [6.07, 6.45) is -0.410. The molecule has 0 aliphatic carbocycles. The summed E-state index contributed by atoms with van der Waals surface area (Å²) < 4.78 is 0. The lowest BCUT2D eigenvalue weighted by Crippen LogP contribution is -2.23. The van der Waals surface area contributed by atoms with Gasteiger partial charge in [-0.15, -0.1) is 0 Å². The Morgan fingerprint density at radius 2 is 2.00 bits per heavy atom. The molecule has 0 heterocycles. The molecule has 0 atom stereocenters. The van der Waals surface area contributed by atoms with E-state index in [1.165, 1.54) is 0 Å². The van der Waals surface area contributed by atoms with Gasteiger partial charge in [0.1, 0.15) is 0 Å². The maximum Gasteiger partial charge on any atom is 0.404 e. The van der Waals surface area contributed by atoms with Crippen molar-refractivity contribution in [2.45, 2.75) is 6.42 Å². The number of amides is 1. The first kappa shape index (κ1) is 11.3. The largest absolute Gasteiger partial charge is 0.465 e. The summed E-state index contributed by atoms with van der Waals surface area (Å²) in [6.45, 7) is 0.373. The molecule has 0 saturated heterocycles. The lowest BCUT2D eigenvalue weighted by atomic mass is 10.0. The average Bonchev–Trinajstić information content (AvgIpc) is 2.32. The van der Waals surface area contributed by atoms with E-state index >= 15 is 0 Å². The van der Waals surface area contributed by atoms with E-state index in [0.717, 1.165) is 22.0 Å². The fraction of sp³-hybridized carbons (Fsp3) is 0.154. The molecule has 0 aromatic heterocycles. The Bertz CT molecular complexity index is 552. The molecule has 2 aromatic carbocycles. The molecule has 0 aliphatic heterocycles. The predicted molar refractivity (Wildman–Crippen MR) is 68.1 cm³/mol. The lowest BCUT2D eigenvalue weighted by molar-refractivity contribution is 0.194. The summed E-state index contributed by atoms with van der Waals surface area (Å²) in [6, 6.07) is 11.8. The SMILES string of the molecule is Nc1c(CCNC(=O)O)ccc2ccccc12. The zero-order valence-corrected chi connectivity index (χ0v) is 9.31. The fourth-order valence-electron chi connectivity index (χ4n) is 1.86. The molecule has 1 amide bonds. The number of benzene rings is 2. The average molecular weight is 230 g/mol. The van der Waals surface area contributed by atoms with E-state index in [4.69, 9.17) is 10.8 Å². The van der Waals surface area contributed by atoms with Crippen molar-refractivity contribution in [3.8, 4) is 0 Å². The van der Waals surface area contributed by atoms with Crippen LogP contribution >= 0.6 is 0 Å². The minimum atomic E-state index is -1.01. The van der Waals surface area contributed by atoms with Gasteiger partial charge in [0.25, 0.3) is 0 Å². The highest BCUT2D eigenvalue weighted by Gasteiger charge is 2.04. The van der Waals surface area contributed by atoms with Crippen LogP contribution in [-0.2, 0) is 6.42 Å². The summed E-state index contributed by atoms with van der Waals surface area (Å²) in [5, 5.41) is 12.9. The third-order valence-corrected chi connectivity index (χ3v) is 2.73. The second-order valence-electron chi connectivity index (χ2n) is 3.84. The lowest BCUT2D eigenvalue weighted by Gasteiger charge is -2.09. The molecule has 88 valence electrons. The van der Waals surface area contributed by atoms with E-state index < -0.39 is 6.09 Å². The summed E-state index contributed by atoms with van der Waals surface area (Å²) >= 11 is 0. The van der Waals surface area contributed by atoms with Gasteiger partial charge in [0.2, 0.25) is 0 Å². The number of fused-ring (bicyclic) bond motifs is 1. The minimum absolute atomic E-state index is 0.373. The van der Waals surface area contributed by atoms with Crippen LogP contribution in [0.3, 0.4) is 0 Å². The number of nitrogen functional groups attached to an aromatic ring is 1. The van der Waals surface area contributed by atoms with Crippen LogP contribution in [0.2, 0.25) is 0 Å². The highest BCUT2D eigenvalue weighted by Crippen LogP contribution is 2.24. The summed E-state index contributed by atoms with van der Waals surface area (Å²) in [7, 11) is 0. The minimum Gasteiger partial charge on any atom is -0.465 e. The molecule has 0 fully saturated rings. The monoisotopic (exact) mass is 230 g/mol. The summed E-state index contributed by atoms with van der Waals surface area (Å²) in [5.41, 5.74) is 7.76. The quantitative estimate of drug-likeness (QED) is 0.708. The number of nitrogens with two attached hydrogens (primary N) is 1. The van der Waals surface area contributed by atoms with Gasteiger partial charge in [-0.25, -0.2) is 4.79 Å². The molecule has 17 heavy (non-hydrogen) atoms. The van der Waals surface area contributed by atoms with Crippen LogP contribution in [0.15, 0.2) is 36.4 Å². The van der Waals surface area contributed by atoms with E-state index in [0.29, 0.717) is 13.0 Å². The Labute approximate surface area is 99.1 Å². The van der Waals surface area contributed by atoms with Crippen LogP contribution < -0.4 is 11.1 Å². The van der Waals surface area contributed by atoms with Crippen molar-refractivity contribution >= 4 is 22.6 Å². The third kappa shape index (κ3) is 2.47. The van der Waals surface area contributed by atoms with Crippen LogP contribution in [0.1, 0.15) is 5.56 Å².